The Morgan fingerprint density at radius 1 is 1.80 bits per heavy atom. The third kappa shape index (κ3) is 4.93. The molecule has 1 amide bonds. The molecule has 0 aliphatic rings. The van der Waals surface area contributed by atoms with Crippen LogP contribution in [0.1, 0.15) is 12.8 Å². The molecule has 56 valence electrons. The van der Waals surface area contributed by atoms with Crippen LogP contribution in [-0.4, -0.2) is 19.5 Å². The molecule has 1 N–H and O–H groups in total. The van der Waals surface area contributed by atoms with Crippen molar-refractivity contribution in [3.63, 3.8) is 0 Å². The summed E-state index contributed by atoms with van der Waals surface area (Å²) in [6.45, 7) is 0.393. The molecule has 0 aliphatic carbocycles. The van der Waals surface area contributed by atoms with Gasteiger partial charge >= 0.3 is 0 Å². The lowest BCUT2D eigenvalue weighted by Crippen LogP contribution is -2.17. The van der Waals surface area contributed by atoms with E-state index in [4.69, 9.17) is 5.53 Å². The van der Waals surface area contributed by atoms with Crippen LogP contribution in [0.5, 0.6) is 0 Å². The fraction of sp³-hybridized carbons (Fsp3) is 0.800. The van der Waals surface area contributed by atoms with E-state index in [1.807, 2.05) is 0 Å². The number of carbonyl (C=O) groups excluding carboxylic acids is 1. The van der Waals surface area contributed by atoms with Crippen molar-refractivity contribution in [3.05, 3.63) is 10.4 Å². The zero-order valence-electron chi connectivity index (χ0n) is 5.87. The van der Waals surface area contributed by atoms with E-state index in [-0.39, 0.29) is 5.91 Å². The van der Waals surface area contributed by atoms with E-state index in [0.29, 0.717) is 19.4 Å². The normalized spacial score (nSPS) is 8.10. The van der Waals surface area contributed by atoms with Gasteiger partial charge in [0.15, 0.2) is 0 Å². The standard InChI is InChI=1S/C5H10N4O/c1-7-5(10)3-2-4-8-9-6/h2-4H2,1H3,(H,7,10). The summed E-state index contributed by atoms with van der Waals surface area (Å²) in [4.78, 5) is 13.1. The highest BCUT2D eigenvalue weighted by Gasteiger charge is 1.94. The number of hydrogen-bond acceptors (Lipinski definition) is 2. The zero-order chi connectivity index (χ0) is 7.82. The second kappa shape index (κ2) is 5.91. The molecule has 0 radical (unpaired) electrons. The van der Waals surface area contributed by atoms with Gasteiger partial charge in [-0.1, -0.05) is 5.11 Å². The van der Waals surface area contributed by atoms with E-state index < -0.39 is 0 Å². The van der Waals surface area contributed by atoms with E-state index in [1.165, 1.54) is 0 Å². The number of rotatable bonds is 4. The SMILES string of the molecule is CNC(=O)CCCN=[N+]=[N-]. The van der Waals surface area contributed by atoms with Crippen LogP contribution in [0.4, 0.5) is 0 Å². The number of nitrogens with one attached hydrogen (secondary N) is 1. The summed E-state index contributed by atoms with van der Waals surface area (Å²) in [6, 6.07) is 0. The Morgan fingerprint density at radius 2 is 2.50 bits per heavy atom. The quantitative estimate of drug-likeness (QED) is 0.268. The second-order valence-electron chi connectivity index (χ2n) is 1.73. The fourth-order valence-electron chi connectivity index (χ4n) is 0.480. The summed E-state index contributed by atoms with van der Waals surface area (Å²) in [5, 5.41) is 5.75. The molecule has 0 aromatic rings. The highest BCUT2D eigenvalue weighted by Crippen LogP contribution is 1.88. The van der Waals surface area contributed by atoms with Gasteiger partial charge < -0.3 is 5.32 Å². The van der Waals surface area contributed by atoms with Crippen LogP contribution in [0.2, 0.25) is 0 Å². The molecule has 0 heterocycles. The summed E-state index contributed by atoms with van der Waals surface area (Å²) >= 11 is 0. The summed E-state index contributed by atoms with van der Waals surface area (Å²) in [7, 11) is 1.58. The first kappa shape index (κ1) is 8.78. The molecule has 0 aromatic carbocycles. The van der Waals surface area contributed by atoms with Gasteiger partial charge in [-0.25, -0.2) is 0 Å². The third-order valence-electron chi connectivity index (χ3n) is 1.00. The highest BCUT2D eigenvalue weighted by atomic mass is 16.1. The molecule has 0 bridgehead atoms. The van der Waals surface area contributed by atoms with Gasteiger partial charge in [0.2, 0.25) is 5.91 Å². The Balaban J connectivity index is 3.19. The van der Waals surface area contributed by atoms with Crippen molar-refractivity contribution in [3.8, 4) is 0 Å². The van der Waals surface area contributed by atoms with Gasteiger partial charge in [-0.3, -0.25) is 4.79 Å². The van der Waals surface area contributed by atoms with Gasteiger partial charge in [0.25, 0.3) is 0 Å². The van der Waals surface area contributed by atoms with Crippen molar-refractivity contribution in [2.75, 3.05) is 13.6 Å². The van der Waals surface area contributed by atoms with Gasteiger partial charge in [-0.15, -0.1) is 0 Å². The van der Waals surface area contributed by atoms with E-state index in [2.05, 4.69) is 15.3 Å². The first-order chi connectivity index (χ1) is 4.81. The number of azide groups is 1. The molecule has 0 spiro atoms. The maximum atomic E-state index is 10.5. The van der Waals surface area contributed by atoms with Crippen LogP contribution in [0.3, 0.4) is 0 Å². The minimum atomic E-state index is -0.0202. The molecule has 5 heteroatoms. The second-order valence-corrected chi connectivity index (χ2v) is 1.73. The molecular weight excluding hydrogens is 132 g/mol. The molecule has 0 saturated carbocycles. The van der Waals surface area contributed by atoms with Crippen LogP contribution >= 0.6 is 0 Å². The van der Waals surface area contributed by atoms with Crippen LogP contribution < -0.4 is 5.32 Å². The van der Waals surface area contributed by atoms with Crippen LogP contribution in [0.25, 0.3) is 10.4 Å². The predicted octanol–water partition coefficient (Wildman–Crippen LogP) is 0.823. The van der Waals surface area contributed by atoms with Gasteiger partial charge in [0, 0.05) is 24.9 Å². The monoisotopic (exact) mass is 142 g/mol. The molecule has 10 heavy (non-hydrogen) atoms. The lowest BCUT2D eigenvalue weighted by Gasteiger charge is -1.94. The van der Waals surface area contributed by atoms with E-state index in [0.717, 1.165) is 0 Å². The number of hydrogen-bond donors (Lipinski definition) is 1. The zero-order valence-corrected chi connectivity index (χ0v) is 5.87. The Bertz CT molecular complexity index is 150. The maximum absolute atomic E-state index is 10.5. The number of amides is 1. The largest absolute Gasteiger partial charge is 0.359 e. The van der Waals surface area contributed by atoms with Crippen LogP contribution in [0, 0.1) is 0 Å². The maximum Gasteiger partial charge on any atom is 0.219 e. The van der Waals surface area contributed by atoms with Crippen molar-refractivity contribution in [1.82, 2.24) is 5.32 Å². The average molecular weight is 142 g/mol. The van der Waals surface area contributed by atoms with Gasteiger partial charge in [0.1, 0.15) is 0 Å². The van der Waals surface area contributed by atoms with E-state index >= 15 is 0 Å². The van der Waals surface area contributed by atoms with Gasteiger partial charge in [-0.2, -0.15) is 0 Å². The summed E-state index contributed by atoms with van der Waals surface area (Å²) in [6.07, 6.45) is 1.04. The fourth-order valence-corrected chi connectivity index (χ4v) is 0.480. The Kier molecular flexibility index (Phi) is 5.19. The molecule has 0 unspecified atom stereocenters. The number of carbonyl (C=O) groups is 1. The molecule has 0 aliphatic heterocycles. The smallest absolute Gasteiger partial charge is 0.219 e. The van der Waals surface area contributed by atoms with Crippen molar-refractivity contribution in [1.29, 1.82) is 0 Å². The summed E-state index contributed by atoms with van der Waals surface area (Å²) in [5.41, 5.74) is 7.85. The summed E-state index contributed by atoms with van der Waals surface area (Å²) in [5.74, 6) is -0.0202. The molecule has 0 rings (SSSR count). The van der Waals surface area contributed by atoms with E-state index in [1.54, 1.807) is 7.05 Å². The predicted molar refractivity (Wildman–Crippen MR) is 37.3 cm³/mol. The Hall–Kier alpha value is -1.22. The summed E-state index contributed by atoms with van der Waals surface area (Å²) < 4.78 is 0. The van der Waals surface area contributed by atoms with Crippen LogP contribution in [-0.2, 0) is 4.79 Å². The molecule has 0 saturated heterocycles. The lowest BCUT2D eigenvalue weighted by atomic mass is 10.3. The van der Waals surface area contributed by atoms with Crippen molar-refractivity contribution in [2.45, 2.75) is 12.8 Å². The molecule has 5 nitrogen and oxygen atoms in total. The molecule has 0 fully saturated rings. The Labute approximate surface area is 59.0 Å². The highest BCUT2D eigenvalue weighted by molar-refractivity contribution is 5.75. The van der Waals surface area contributed by atoms with Crippen LogP contribution in [0.15, 0.2) is 5.11 Å². The van der Waals surface area contributed by atoms with Gasteiger partial charge in [0.05, 0.1) is 0 Å². The minimum absolute atomic E-state index is 0.0202. The van der Waals surface area contributed by atoms with Crippen molar-refractivity contribution < 1.29 is 4.79 Å². The minimum Gasteiger partial charge on any atom is -0.359 e. The van der Waals surface area contributed by atoms with Gasteiger partial charge in [-0.05, 0) is 12.0 Å². The first-order valence-electron chi connectivity index (χ1n) is 3.02. The van der Waals surface area contributed by atoms with Crippen molar-refractivity contribution in [2.24, 2.45) is 5.11 Å². The molecular formula is C5H10N4O. The first-order valence-corrected chi connectivity index (χ1v) is 3.02. The Morgan fingerprint density at radius 3 is 3.00 bits per heavy atom. The average Bonchev–Trinajstić information content (AvgIpc) is 1.98. The third-order valence-corrected chi connectivity index (χ3v) is 1.00. The van der Waals surface area contributed by atoms with Crippen molar-refractivity contribution >= 4 is 5.91 Å². The lowest BCUT2D eigenvalue weighted by molar-refractivity contribution is -0.120. The molecule has 0 atom stereocenters. The molecule has 0 aromatic heterocycles. The van der Waals surface area contributed by atoms with E-state index in [9.17, 15) is 4.79 Å². The number of nitrogens with zero attached hydrogens (tertiary/aromatic N) is 3. The topological polar surface area (TPSA) is 77.9 Å².